The van der Waals surface area contributed by atoms with Gasteiger partial charge in [0, 0.05) is 24.6 Å². The molecule has 3 rings (SSSR count). The molecule has 0 amide bonds. The highest BCUT2D eigenvalue weighted by atomic mass is 35.5. The minimum atomic E-state index is -0.796. The van der Waals surface area contributed by atoms with E-state index in [1.54, 1.807) is 0 Å². The zero-order chi connectivity index (χ0) is 20.3. The number of esters is 1. The lowest BCUT2D eigenvalue weighted by molar-refractivity contribution is -0.384. The highest BCUT2D eigenvalue weighted by Crippen LogP contribution is 2.29. The van der Waals surface area contributed by atoms with Crippen molar-refractivity contribution in [3.63, 3.8) is 0 Å². The second kappa shape index (κ2) is 8.13. The van der Waals surface area contributed by atoms with Gasteiger partial charge in [-0.15, -0.1) is 0 Å². The van der Waals surface area contributed by atoms with Crippen molar-refractivity contribution in [1.29, 1.82) is 0 Å². The molecule has 0 atom stereocenters. The van der Waals surface area contributed by atoms with Crippen LogP contribution in [-0.2, 0) is 11.2 Å². The predicted molar refractivity (Wildman–Crippen MR) is 93.9 cm³/mol. The molecule has 1 heterocycles. The first-order valence-electron chi connectivity index (χ1n) is 7.88. The largest absolute Gasteiger partial charge is 0.441 e. The number of aromatic nitrogens is 1. The summed E-state index contributed by atoms with van der Waals surface area (Å²) >= 11 is 5.86. The van der Waals surface area contributed by atoms with Crippen LogP contribution in [0.15, 0.2) is 47.0 Å². The first-order valence-corrected chi connectivity index (χ1v) is 8.26. The number of carbonyl (C=O) groups excluding carboxylic acids is 1. The highest BCUT2D eigenvalue weighted by molar-refractivity contribution is 6.32. The Hall–Kier alpha value is -3.33. The molecule has 0 radical (unpaired) electrons. The van der Waals surface area contributed by atoms with Gasteiger partial charge in [-0.25, -0.2) is 13.8 Å². The van der Waals surface area contributed by atoms with Gasteiger partial charge in [0.05, 0.1) is 28.1 Å². The summed E-state index contributed by atoms with van der Waals surface area (Å²) in [5, 5.41) is 10.6. The Morgan fingerprint density at radius 3 is 2.71 bits per heavy atom. The number of hydrogen-bond donors (Lipinski definition) is 0. The maximum Gasteiger partial charge on any atom is 0.311 e. The first kappa shape index (κ1) is 19.4. The fourth-order valence-corrected chi connectivity index (χ4v) is 2.52. The van der Waals surface area contributed by atoms with Crippen LogP contribution in [0.2, 0.25) is 5.02 Å². The van der Waals surface area contributed by atoms with Crippen molar-refractivity contribution in [1.82, 2.24) is 4.98 Å². The van der Waals surface area contributed by atoms with Crippen LogP contribution in [0.5, 0.6) is 5.75 Å². The molecule has 0 saturated carbocycles. The van der Waals surface area contributed by atoms with Crippen LogP contribution in [0.1, 0.15) is 12.3 Å². The number of halogens is 3. The van der Waals surface area contributed by atoms with Crippen molar-refractivity contribution in [3.05, 3.63) is 75.3 Å². The molecule has 0 aliphatic rings. The summed E-state index contributed by atoms with van der Waals surface area (Å²) in [6.45, 7) is 0. The Morgan fingerprint density at radius 2 is 2.04 bits per heavy atom. The second-order valence-electron chi connectivity index (χ2n) is 5.59. The maximum atomic E-state index is 13.8. The number of hydrogen-bond acceptors (Lipinski definition) is 6. The topological polar surface area (TPSA) is 95.5 Å². The van der Waals surface area contributed by atoms with Gasteiger partial charge in [0.15, 0.2) is 11.7 Å². The number of nitrogens with zero attached hydrogens (tertiary/aromatic N) is 2. The van der Waals surface area contributed by atoms with Gasteiger partial charge in [-0.3, -0.25) is 14.9 Å². The zero-order valence-corrected chi connectivity index (χ0v) is 14.8. The normalized spacial score (nSPS) is 10.7. The lowest BCUT2D eigenvalue weighted by Gasteiger charge is -2.05. The van der Waals surface area contributed by atoms with Gasteiger partial charge in [0.1, 0.15) is 17.4 Å². The van der Waals surface area contributed by atoms with Crippen molar-refractivity contribution in [2.75, 3.05) is 0 Å². The molecule has 7 nitrogen and oxygen atoms in total. The van der Waals surface area contributed by atoms with Gasteiger partial charge >= 0.3 is 5.97 Å². The Bertz CT molecular complexity index is 1050. The van der Waals surface area contributed by atoms with Gasteiger partial charge < -0.3 is 9.15 Å². The van der Waals surface area contributed by atoms with Crippen molar-refractivity contribution >= 4 is 23.3 Å². The van der Waals surface area contributed by atoms with Crippen LogP contribution in [-0.4, -0.2) is 15.9 Å². The first-order chi connectivity index (χ1) is 13.3. The van der Waals surface area contributed by atoms with E-state index in [2.05, 4.69) is 4.98 Å². The van der Waals surface area contributed by atoms with Crippen LogP contribution in [0.25, 0.3) is 11.3 Å². The molecule has 144 valence electrons. The molecule has 0 bridgehead atoms. The molecule has 3 aromatic rings. The number of oxazole rings is 1. The summed E-state index contributed by atoms with van der Waals surface area (Å²) in [4.78, 5) is 25.9. The van der Waals surface area contributed by atoms with Gasteiger partial charge in [-0.2, -0.15) is 0 Å². The third-order valence-electron chi connectivity index (χ3n) is 3.64. The lowest BCUT2D eigenvalue weighted by atomic mass is 10.2. The average molecular weight is 409 g/mol. The van der Waals surface area contributed by atoms with E-state index < -0.39 is 22.5 Å². The Kier molecular flexibility index (Phi) is 5.65. The molecular weight excluding hydrogens is 398 g/mol. The molecule has 0 aliphatic carbocycles. The number of nitro groups is 1. The maximum absolute atomic E-state index is 13.8. The molecule has 1 aromatic heterocycles. The number of carbonyl (C=O) groups is 1. The molecular formula is C18H11ClF2N2O5. The highest BCUT2D eigenvalue weighted by Gasteiger charge is 2.16. The smallest absolute Gasteiger partial charge is 0.311 e. The summed E-state index contributed by atoms with van der Waals surface area (Å²) in [5.41, 5.74) is -0.189. The van der Waals surface area contributed by atoms with E-state index in [-0.39, 0.29) is 46.5 Å². The number of non-ortho nitro benzene ring substituents is 1. The third kappa shape index (κ3) is 4.49. The molecule has 28 heavy (non-hydrogen) atoms. The van der Waals surface area contributed by atoms with Crippen LogP contribution >= 0.6 is 11.6 Å². The van der Waals surface area contributed by atoms with E-state index in [0.29, 0.717) is 0 Å². The van der Waals surface area contributed by atoms with Gasteiger partial charge in [-0.05, 0) is 18.2 Å². The van der Waals surface area contributed by atoms with Crippen molar-refractivity contribution in [2.24, 2.45) is 0 Å². The standard InChI is InChI=1S/C18H11ClF2N2O5/c19-13-8-11(23(25)26)2-4-15(13)28-18(24)6-5-17-22-9-16(27-17)12-3-1-10(20)7-14(12)21/h1-4,7-9H,5-6H2. The van der Waals surface area contributed by atoms with E-state index in [9.17, 15) is 23.7 Å². The fraction of sp³-hybridized carbons (Fsp3) is 0.111. The van der Waals surface area contributed by atoms with E-state index in [1.807, 2.05) is 0 Å². The van der Waals surface area contributed by atoms with Crippen LogP contribution in [0, 0.1) is 21.7 Å². The van der Waals surface area contributed by atoms with E-state index in [0.717, 1.165) is 24.3 Å². The summed E-state index contributed by atoms with van der Waals surface area (Å²) < 4.78 is 37.2. The van der Waals surface area contributed by atoms with Crippen LogP contribution < -0.4 is 4.74 Å². The molecule has 10 heteroatoms. The minimum absolute atomic E-state index is 0.0151. The SMILES string of the molecule is O=C(CCc1ncc(-c2ccc(F)cc2F)o1)Oc1ccc([N+](=O)[O-])cc1Cl. The number of ether oxygens (including phenoxy) is 1. The summed E-state index contributed by atoms with van der Waals surface area (Å²) in [6.07, 6.45) is 1.20. The molecule has 0 unspecified atom stereocenters. The molecule has 0 saturated heterocycles. The summed E-state index contributed by atoms with van der Waals surface area (Å²) in [7, 11) is 0. The number of nitro benzene ring substituents is 1. The lowest BCUT2D eigenvalue weighted by Crippen LogP contribution is -2.09. The Morgan fingerprint density at radius 1 is 1.25 bits per heavy atom. The van der Waals surface area contributed by atoms with Crippen molar-refractivity contribution in [2.45, 2.75) is 12.8 Å². The summed E-state index contributed by atoms with van der Waals surface area (Å²) in [5.74, 6) is -1.93. The number of benzene rings is 2. The minimum Gasteiger partial charge on any atom is -0.441 e. The monoisotopic (exact) mass is 408 g/mol. The van der Waals surface area contributed by atoms with Crippen LogP contribution in [0.4, 0.5) is 14.5 Å². The van der Waals surface area contributed by atoms with E-state index in [1.165, 1.54) is 18.3 Å². The van der Waals surface area contributed by atoms with Crippen molar-refractivity contribution < 1.29 is 27.7 Å². The molecule has 0 aliphatic heterocycles. The van der Waals surface area contributed by atoms with E-state index >= 15 is 0 Å². The molecule has 0 spiro atoms. The zero-order valence-electron chi connectivity index (χ0n) is 14.0. The predicted octanol–water partition coefficient (Wildman–Crippen LogP) is 4.72. The number of rotatable bonds is 6. The fourth-order valence-electron chi connectivity index (χ4n) is 2.31. The second-order valence-corrected chi connectivity index (χ2v) is 6.00. The Balaban J connectivity index is 1.61. The van der Waals surface area contributed by atoms with Gasteiger partial charge in [0.2, 0.25) is 0 Å². The quantitative estimate of drug-likeness (QED) is 0.253. The molecule has 2 aromatic carbocycles. The Labute approximate surface area is 161 Å². The van der Waals surface area contributed by atoms with Crippen molar-refractivity contribution in [3.8, 4) is 17.1 Å². The third-order valence-corrected chi connectivity index (χ3v) is 3.94. The van der Waals surface area contributed by atoms with Gasteiger partial charge in [-0.1, -0.05) is 11.6 Å². The average Bonchev–Trinajstić information content (AvgIpc) is 3.10. The summed E-state index contributed by atoms with van der Waals surface area (Å²) in [6, 6.07) is 6.49. The van der Waals surface area contributed by atoms with Gasteiger partial charge in [0.25, 0.3) is 5.69 Å². The number of aryl methyl sites for hydroxylation is 1. The molecule has 0 N–H and O–H groups in total. The van der Waals surface area contributed by atoms with Crippen LogP contribution in [0.3, 0.4) is 0 Å². The molecule has 0 fully saturated rings. The van der Waals surface area contributed by atoms with E-state index in [4.69, 9.17) is 20.8 Å².